The van der Waals surface area contributed by atoms with Gasteiger partial charge in [-0.3, -0.25) is 0 Å². The molecule has 1 N–H and O–H groups in total. The van der Waals surface area contributed by atoms with Crippen LogP contribution in [-0.4, -0.2) is 35.0 Å². The van der Waals surface area contributed by atoms with Crippen molar-refractivity contribution < 1.29 is 4.79 Å². The summed E-state index contributed by atoms with van der Waals surface area (Å²) in [5.41, 5.74) is 1.11. The molecule has 4 nitrogen and oxygen atoms in total. The van der Waals surface area contributed by atoms with Gasteiger partial charge in [-0.1, -0.05) is 6.92 Å². The molecule has 2 amide bonds. The zero-order chi connectivity index (χ0) is 13.8. The van der Waals surface area contributed by atoms with Crippen LogP contribution in [-0.2, 0) is 0 Å². The van der Waals surface area contributed by atoms with Crippen molar-refractivity contribution in [2.45, 2.75) is 52.0 Å². The number of hydrogen-bond acceptors (Lipinski definition) is 3. The molecule has 0 radical (unpaired) electrons. The summed E-state index contributed by atoms with van der Waals surface area (Å²) in [5.74, 6) is 0.534. The lowest BCUT2D eigenvalue weighted by Crippen LogP contribution is -2.46. The van der Waals surface area contributed by atoms with Crippen LogP contribution in [0, 0.1) is 6.92 Å². The molecule has 0 saturated carbocycles. The number of carbonyl (C=O) groups is 1. The summed E-state index contributed by atoms with van der Waals surface area (Å²) >= 11 is 1.75. The molecule has 19 heavy (non-hydrogen) atoms. The normalized spacial score (nSPS) is 18.4. The Morgan fingerprint density at radius 3 is 2.79 bits per heavy atom. The minimum absolute atomic E-state index is 0.0862. The van der Waals surface area contributed by atoms with Gasteiger partial charge in [0, 0.05) is 36.1 Å². The van der Waals surface area contributed by atoms with Gasteiger partial charge in [-0.2, -0.15) is 0 Å². The molecular weight excluding hydrogens is 258 g/mol. The van der Waals surface area contributed by atoms with Crippen molar-refractivity contribution in [2.24, 2.45) is 0 Å². The molecule has 1 unspecified atom stereocenters. The third kappa shape index (κ3) is 3.69. The molecule has 2 heterocycles. The van der Waals surface area contributed by atoms with E-state index in [-0.39, 0.29) is 12.1 Å². The molecule has 1 aliphatic rings. The zero-order valence-electron chi connectivity index (χ0n) is 12.0. The third-order valence-electron chi connectivity index (χ3n) is 3.75. The summed E-state index contributed by atoms with van der Waals surface area (Å²) in [4.78, 5) is 18.5. The van der Waals surface area contributed by atoms with E-state index in [2.05, 4.69) is 22.6 Å². The average molecular weight is 281 g/mol. The number of rotatable bonds is 3. The number of amides is 2. The lowest BCUT2D eigenvalue weighted by Gasteiger charge is -2.32. The molecule has 1 fully saturated rings. The van der Waals surface area contributed by atoms with E-state index in [1.54, 1.807) is 11.3 Å². The Morgan fingerprint density at radius 2 is 2.26 bits per heavy atom. The maximum Gasteiger partial charge on any atom is 0.317 e. The van der Waals surface area contributed by atoms with Crippen LogP contribution in [0.4, 0.5) is 4.79 Å². The van der Waals surface area contributed by atoms with E-state index in [0.29, 0.717) is 5.92 Å². The molecule has 0 spiro atoms. The highest BCUT2D eigenvalue weighted by molar-refractivity contribution is 7.09. The first-order chi connectivity index (χ1) is 9.10. The van der Waals surface area contributed by atoms with Crippen molar-refractivity contribution in [2.75, 3.05) is 13.1 Å². The van der Waals surface area contributed by atoms with Crippen molar-refractivity contribution >= 4 is 17.4 Å². The number of piperidine rings is 1. The van der Waals surface area contributed by atoms with Crippen LogP contribution >= 0.6 is 11.3 Å². The molecule has 1 atom stereocenters. The van der Waals surface area contributed by atoms with Gasteiger partial charge in [-0.05, 0) is 33.1 Å². The Balaban J connectivity index is 1.83. The smallest absolute Gasteiger partial charge is 0.317 e. The average Bonchev–Trinajstić information content (AvgIpc) is 2.85. The Bertz CT molecular complexity index is 424. The van der Waals surface area contributed by atoms with Gasteiger partial charge in [0.05, 0.1) is 5.01 Å². The minimum atomic E-state index is 0.0862. The van der Waals surface area contributed by atoms with Crippen molar-refractivity contribution in [3.05, 3.63) is 16.1 Å². The number of hydrogen-bond donors (Lipinski definition) is 1. The van der Waals surface area contributed by atoms with Gasteiger partial charge >= 0.3 is 6.03 Å². The van der Waals surface area contributed by atoms with Gasteiger partial charge in [0.25, 0.3) is 0 Å². The molecular formula is C14H23N3OS. The van der Waals surface area contributed by atoms with E-state index in [1.165, 1.54) is 5.01 Å². The molecule has 0 bridgehead atoms. The molecule has 2 rings (SSSR count). The molecule has 1 saturated heterocycles. The highest BCUT2D eigenvalue weighted by Crippen LogP contribution is 2.30. The number of likely N-dealkylation sites (tertiary alicyclic amines) is 1. The topological polar surface area (TPSA) is 45.2 Å². The number of urea groups is 1. The van der Waals surface area contributed by atoms with Gasteiger partial charge in [0.15, 0.2) is 0 Å². The van der Waals surface area contributed by atoms with Crippen LogP contribution in [0.2, 0.25) is 0 Å². The lowest BCUT2D eigenvalue weighted by molar-refractivity contribution is 0.178. The summed E-state index contributed by atoms with van der Waals surface area (Å²) in [6.07, 6.45) is 3.03. The standard InChI is InChI=1S/C14H23N3OS/c1-4-10(2)16-14(18)17-7-5-12(6-8-17)13-15-11(3)9-19-13/h9-10,12H,4-8H2,1-3H3,(H,16,18). The molecule has 5 heteroatoms. The summed E-state index contributed by atoms with van der Waals surface area (Å²) in [7, 11) is 0. The number of nitrogens with one attached hydrogen (secondary N) is 1. The van der Waals surface area contributed by atoms with Gasteiger partial charge in [0.1, 0.15) is 0 Å². The number of thiazole rings is 1. The highest BCUT2D eigenvalue weighted by atomic mass is 32.1. The second-order valence-electron chi connectivity index (χ2n) is 5.35. The first-order valence-corrected chi connectivity index (χ1v) is 7.95. The predicted molar refractivity (Wildman–Crippen MR) is 78.7 cm³/mol. The van der Waals surface area contributed by atoms with Crippen LogP contribution in [0.25, 0.3) is 0 Å². The Morgan fingerprint density at radius 1 is 1.58 bits per heavy atom. The maximum atomic E-state index is 12.0. The second-order valence-corrected chi connectivity index (χ2v) is 6.24. The maximum absolute atomic E-state index is 12.0. The van der Waals surface area contributed by atoms with E-state index >= 15 is 0 Å². The van der Waals surface area contributed by atoms with Crippen LogP contribution in [0.3, 0.4) is 0 Å². The van der Waals surface area contributed by atoms with Gasteiger partial charge < -0.3 is 10.2 Å². The van der Waals surface area contributed by atoms with Crippen molar-refractivity contribution in [3.63, 3.8) is 0 Å². The summed E-state index contributed by atoms with van der Waals surface area (Å²) < 4.78 is 0. The second kappa shape index (κ2) is 6.37. The number of aromatic nitrogens is 1. The van der Waals surface area contributed by atoms with E-state index in [0.717, 1.165) is 38.0 Å². The fourth-order valence-corrected chi connectivity index (χ4v) is 3.26. The van der Waals surface area contributed by atoms with Gasteiger partial charge in [-0.15, -0.1) is 11.3 Å². The van der Waals surface area contributed by atoms with E-state index < -0.39 is 0 Å². The molecule has 0 aliphatic carbocycles. The zero-order valence-corrected chi connectivity index (χ0v) is 12.8. The first kappa shape index (κ1) is 14.3. The van der Waals surface area contributed by atoms with Crippen molar-refractivity contribution in [1.29, 1.82) is 0 Å². The summed E-state index contributed by atoms with van der Waals surface area (Å²) in [6.45, 7) is 7.84. The minimum Gasteiger partial charge on any atom is -0.336 e. The largest absolute Gasteiger partial charge is 0.336 e. The fraction of sp³-hybridized carbons (Fsp3) is 0.714. The number of aryl methyl sites for hydroxylation is 1. The van der Waals surface area contributed by atoms with Crippen molar-refractivity contribution in [1.82, 2.24) is 15.2 Å². The molecule has 1 aliphatic heterocycles. The Hall–Kier alpha value is -1.10. The molecule has 106 valence electrons. The molecule has 1 aromatic heterocycles. The highest BCUT2D eigenvalue weighted by Gasteiger charge is 2.25. The lowest BCUT2D eigenvalue weighted by atomic mass is 9.98. The Labute approximate surface area is 119 Å². The van der Waals surface area contributed by atoms with Crippen molar-refractivity contribution in [3.8, 4) is 0 Å². The van der Waals surface area contributed by atoms with Crippen LogP contribution in [0.1, 0.15) is 49.7 Å². The fourth-order valence-electron chi connectivity index (χ4n) is 2.29. The van der Waals surface area contributed by atoms with E-state index in [9.17, 15) is 4.79 Å². The molecule has 0 aromatic carbocycles. The third-order valence-corrected chi connectivity index (χ3v) is 4.88. The summed E-state index contributed by atoms with van der Waals surface area (Å²) in [5, 5.41) is 6.38. The van der Waals surface area contributed by atoms with Gasteiger partial charge in [0.2, 0.25) is 0 Å². The molecule has 1 aromatic rings. The van der Waals surface area contributed by atoms with Crippen LogP contribution < -0.4 is 5.32 Å². The van der Waals surface area contributed by atoms with E-state index in [4.69, 9.17) is 0 Å². The van der Waals surface area contributed by atoms with Crippen LogP contribution in [0.15, 0.2) is 5.38 Å². The van der Waals surface area contributed by atoms with Gasteiger partial charge in [-0.25, -0.2) is 9.78 Å². The Kier molecular flexibility index (Phi) is 4.80. The van der Waals surface area contributed by atoms with E-state index in [1.807, 2.05) is 18.7 Å². The SMILES string of the molecule is CCC(C)NC(=O)N1CCC(c2nc(C)cs2)CC1. The summed E-state index contributed by atoms with van der Waals surface area (Å²) in [6, 6.07) is 0.343. The number of carbonyl (C=O) groups excluding carboxylic acids is 1. The predicted octanol–water partition coefficient (Wildman–Crippen LogP) is 3.14. The number of nitrogens with zero attached hydrogens (tertiary/aromatic N) is 2. The quantitative estimate of drug-likeness (QED) is 0.925. The van der Waals surface area contributed by atoms with Crippen LogP contribution in [0.5, 0.6) is 0 Å². The first-order valence-electron chi connectivity index (χ1n) is 7.07. The monoisotopic (exact) mass is 281 g/mol.